The first-order valence-corrected chi connectivity index (χ1v) is 9.88. The Hall–Kier alpha value is -3.99. The Balaban J connectivity index is 1.69. The van der Waals surface area contributed by atoms with Crippen LogP contribution >= 0.6 is 12.2 Å². The highest BCUT2D eigenvalue weighted by atomic mass is 32.1. The molecule has 0 atom stereocenters. The molecule has 3 aromatic rings. The lowest BCUT2D eigenvalue weighted by Gasteiger charge is -2.12. The summed E-state index contributed by atoms with van der Waals surface area (Å²) in [6, 6.07) is 20.5. The number of halogens is 3. The van der Waals surface area contributed by atoms with Crippen molar-refractivity contribution in [2.24, 2.45) is 5.10 Å². The Kier molecular flexibility index (Phi) is 7.57. The largest absolute Gasteiger partial charge is 0.573 e. The summed E-state index contributed by atoms with van der Waals surface area (Å²) >= 11 is 5.22. The predicted molar refractivity (Wildman–Crippen MR) is 122 cm³/mol. The van der Waals surface area contributed by atoms with E-state index in [2.05, 4.69) is 20.6 Å². The Morgan fingerprint density at radius 2 is 1.64 bits per heavy atom. The van der Waals surface area contributed by atoms with Crippen molar-refractivity contribution in [2.45, 2.75) is 12.8 Å². The highest BCUT2D eigenvalue weighted by Gasteiger charge is 2.30. The number of thiocarbonyl (C=S) groups is 1. The lowest BCUT2D eigenvalue weighted by atomic mass is 10.0. The number of non-ortho nitro benzene ring substituents is 1. The van der Waals surface area contributed by atoms with Crippen LogP contribution in [-0.2, 0) is 6.42 Å². The molecule has 0 heterocycles. The topological polar surface area (TPSA) is 88.8 Å². The van der Waals surface area contributed by atoms with E-state index in [9.17, 15) is 23.3 Å². The molecule has 0 aliphatic heterocycles. The molecule has 0 saturated heterocycles. The van der Waals surface area contributed by atoms with Crippen molar-refractivity contribution in [3.8, 4) is 5.75 Å². The fourth-order valence-corrected chi connectivity index (χ4v) is 2.95. The zero-order valence-electron chi connectivity index (χ0n) is 16.9. The van der Waals surface area contributed by atoms with E-state index in [0.29, 0.717) is 17.8 Å². The maximum absolute atomic E-state index is 12.3. The van der Waals surface area contributed by atoms with E-state index in [0.717, 1.165) is 23.3 Å². The molecule has 0 aromatic heterocycles. The first-order chi connectivity index (χ1) is 15.7. The van der Waals surface area contributed by atoms with E-state index in [1.54, 1.807) is 12.1 Å². The summed E-state index contributed by atoms with van der Waals surface area (Å²) in [5.74, 6) is -0.348. The summed E-state index contributed by atoms with van der Waals surface area (Å²) in [5, 5.41) is 18.2. The van der Waals surface area contributed by atoms with Crippen molar-refractivity contribution in [1.82, 2.24) is 5.43 Å². The number of alkyl halides is 3. The second-order valence-electron chi connectivity index (χ2n) is 6.66. The number of nitro groups is 1. The standard InChI is InChI=1S/C22H17F3N4O3S/c23-22(24,25)32-19-12-8-17(9-13-19)26-21(33)28-27-20(16-4-2-1-3-5-16)14-15-6-10-18(11-7-15)29(30)31/h1-13H,14H2,(H2,26,28,33). The summed E-state index contributed by atoms with van der Waals surface area (Å²) in [5.41, 5.74) is 5.41. The second kappa shape index (κ2) is 10.6. The average molecular weight is 474 g/mol. The number of benzene rings is 3. The minimum atomic E-state index is -4.77. The van der Waals surface area contributed by atoms with Crippen LogP contribution in [0.25, 0.3) is 0 Å². The van der Waals surface area contributed by atoms with Crippen LogP contribution in [0.1, 0.15) is 11.1 Å². The molecule has 0 aliphatic rings. The Morgan fingerprint density at radius 3 is 2.21 bits per heavy atom. The molecule has 3 rings (SSSR count). The molecule has 0 bridgehead atoms. The molecular weight excluding hydrogens is 457 g/mol. The first-order valence-electron chi connectivity index (χ1n) is 9.48. The Morgan fingerprint density at radius 1 is 1.00 bits per heavy atom. The van der Waals surface area contributed by atoms with Gasteiger partial charge in [-0.25, -0.2) is 0 Å². The van der Waals surface area contributed by atoms with Crippen LogP contribution in [0.5, 0.6) is 5.75 Å². The normalized spacial score (nSPS) is 11.5. The molecule has 11 heteroatoms. The van der Waals surface area contributed by atoms with Gasteiger partial charge < -0.3 is 10.1 Å². The number of hydrogen-bond donors (Lipinski definition) is 2. The molecule has 2 N–H and O–H groups in total. The minimum Gasteiger partial charge on any atom is -0.406 e. The van der Waals surface area contributed by atoms with Gasteiger partial charge in [-0.3, -0.25) is 15.5 Å². The molecule has 0 radical (unpaired) electrons. The van der Waals surface area contributed by atoms with Gasteiger partial charge >= 0.3 is 6.36 Å². The molecule has 0 unspecified atom stereocenters. The fourth-order valence-electron chi connectivity index (χ4n) is 2.78. The number of nitrogens with one attached hydrogen (secondary N) is 2. The number of anilines is 1. The van der Waals surface area contributed by atoms with Gasteiger partial charge in [0, 0.05) is 24.2 Å². The number of nitrogens with zero attached hydrogens (tertiary/aromatic N) is 2. The van der Waals surface area contributed by atoms with Gasteiger partial charge in [0.1, 0.15) is 5.75 Å². The Labute approximate surface area is 192 Å². The van der Waals surface area contributed by atoms with Crippen LogP contribution in [-0.4, -0.2) is 22.1 Å². The second-order valence-corrected chi connectivity index (χ2v) is 7.07. The molecule has 0 spiro atoms. The fraction of sp³-hybridized carbons (Fsp3) is 0.0909. The van der Waals surface area contributed by atoms with Gasteiger partial charge in [0.25, 0.3) is 5.69 Å². The molecule has 0 saturated carbocycles. The predicted octanol–water partition coefficient (Wildman–Crippen LogP) is 5.43. The number of ether oxygens (including phenoxy) is 1. The zero-order valence-corrected chi connectivity index (χ0v) is 17.7. The van der Waals surface area contributed by atoms with Gasteiger partial charge in [-0.15, -0.1) is 13.2 Å². The molecule has 3 aromatic carbocycles. The number of hydrogen-bond acceptors (Lipinski definition) is 5. The number of nitro benzene ring substituents is 1. The summed E-state index contributed by atoms with van der Waals surface area (Å²) in [6.45, 7) is 0. The molecule has 170 valence electrons. The van der Waals surface area contributed by atoms with E-state index in [1.165, 1.54) is 24.3 Å². The SMILES string of the molecule is O=[N+]([O-])c1ccc(CC(=NNC(=S)Nc2ccc(OC(F)(F)F)cc2)c2ccccc2)cc1. The smallest absolute Gasteiger partial charge is 0.406 e. The van der Waals surface area contributed by atoms with Gasteiger partial charge in [-0.05, 0) is 47.6 Å². The third kappa shape index (κ3) is 7.58. The third-order valence-corrected chi connectivity index (χ3v) is 4.46. The van der Waals surface area contributed by atoms with Crippen LogP contribution in [0, 0.1) is 10.1 Å². The van der Waals surface area contributed by atoms with E-state index >= 15 is 0 Å². The number of hydrazone groups is 1. The van der Waals surface area contributed by atoms with Crippen LogP contribution in [0.4, 0.5) is 24.5 Å². The van der Waals surface area contributed by atoms with E-state index in [1.807, 2.05) is 30.3 Å². The van der Waals surface area contributed by atoms with Crippen molar-refractivity contribution in [1.29, 1.82) is 0 Å². The molecule has 33 heavy (non-hydrogen) atoms. The molecule has 0 amide bonds. The van der Waals surface area contributed by atoms with E-state index < -0.39 is 11.3 Å². The van der Waals surface area contributed by atoms with Crippen LogP contribution in [0.15, 0.2) is 84.0 Å². The average Bonchev–Trinajstić information content (AvgIpc) is 2.78. The Bertz CT molecular complexity index is 1140. The van der Waals surface area contributed by atoms with Gasteiger partial charge in [-0.2, -0.15) is 5.10 Å². The maximum atomic E-state index is 12.3. The van der Waals surface area contributed by atoms with Crippen molar-refractivity contribution in [3.05, 3.63) is 100 Å². The highest BCUT2D eigenvalue weighted by molar-refractivity contribution is 7.80. The monoisotopic (exact) mass is 474 g/mol. The zero-order chi connectivity index (χ0) is 23.8. The molecule has 7 nitrogen and oxygen atoms in total. The summed E-state index contributed by atoms with van der Waals surface area (Å²) in [4.78, 5) is 10.4. The molecular formula is C22H17F3N4O3S. The maximum Gasteiger partial charge on any atom is 0.573 e. The van der Waals surface area contributed by atoms with E-state index in [-0.39, 0.29) is 16.5 Å². The summed E-state index contributed by atoms with van der Waals surface area (Å²) in [6.07, 6.45) is -4.39. The third-order valence-electron chi connectivity index (χ3n) is 4.26. The summed E-state index contributed by atoms with van der Waals surface area (Å²) < 4.78 is 40.6. The molecule has 0 aliphatic carbocycles. The highest BCUT2D eigenvalue weighted by Crippen LogP contribution is 2.24. The number of rotatable bonds is 7. The summed E-state index contributed by atoms with van der Waals surface area (Å²) in [7, 11) is 0. The van der Waals surface area contributed by atoms with Crippen molar-refractivity contribution < 1.29 is 22.8 Å². The van der Waals surface area contributed by atoms with Crippen LogP contribution in [0.2, 0.25) is 0 Å². The van der Waals surface area contributed by atoms with Gasteiger partial charge in [0.2, 0.25) is 0 Å². The lowest BCUT2D eigenvalue weighted by Crippen LogP contribution is -2.26. The minimum absolute atomic E-state index is 0.00731. The van der Waals surface area contributed by atoms with Crippen LogP contribution in [0.3, 0.4) is 0 Å². The van der Waals surface area contributed by atoms with Crippen molar-refractivity contribution >= 4 is 34.4 Å². The quantitative estimate of drug-likeness (QED) is 0.206. The van der Waals surface area contributed by atoms with Crippen molar-refractivity contribution in [3.63, 3.8) is 0 Å². The van der Waals surface area contributed by atoms with Crippen LogP contribution < -0.4 is 15.5 Å². The van der Waals surface area contributed by atoms with Gasteiger partial charge in [0.05, 0.1) is 10.6 Å². The van der Waals surface area contributed by atoms with Gasteiger partial charge in [0.15, 0.2) is 5.11 Å². The van der Waals surface area contributed by atoms with Gasteiger partial charge in [-0.1, -0.05) is 42.5 Å². The first kappa shape index (κ1) is 23.7. The molecule has 0 fully saturated rings. The van der Waals surface area contributed by atoms with Crippen molar-refractivity contribution in [2.75, 3.05) is 5.32 Å². The van der Waals surface area contributed by atoms with E-state index in [4.69, 9.17) is 12.2 Å². The lowest BCUT2D eigenvalue weighted by molar-refractivity contribution is -0.384.